The van der Waals surface area contributed by atoms with Crippen LogP contribution in [-0.4, -0.2) is 109 Å². The maximum atomic E-state index is 12.6. The summed E-state index contributed by atoms with van der Waals surface area (Å²) in [5.74, 6) is 2.69. The van der Waals surface area contributed by atoms with Gasteiger partial charge in [0, 0.05) is 29.1 Å². The van der Waals surface area contributed by atoms with Crippen LogP contribution >= 0.6 is 0 Å². The molecule has 0 aliphatic carbocycles. The molecule has 2 radical (unpaired) electrons. The van der Waals surface area contributed by atoms with Gasteiger partial charge in [0.25, 0.3) is 5.91 Å². The molecule has 0 aromatic heterocycles. The number of nitrogens with zero attached hydrogens (tertiary/aromatic N) is 3. The number of hydrogen-bond donors (Lipinski definition) is 1. The van der Waals surface area contributed by atoms with Crippen molar-refractivity contribution in [2.75, 3.05) is 31.0 Å². The number of esters is 1. The Morgan fingerprint density at radius 3 is 1.52 bits per heavy atom. The molecule has 1 aliphatic rings. The zero-order chi connectivity index (χ0) is 61.5. The average molecular weight is 1320 g/mol. The summed E-state index contributed by atoms with van der Waals surface area (Å²) in [5.41, 5.74) is 6.59. The van der Waals surface area contributed by atoms with Crippen LogP contribution in [0.15, 0.2) is 109 Å². The molecule has 1 fully saturated rings. The number of rotatable bonds is 20. The molecule has 0 unspecified atom stereocenters. The van der Waals surface area contributed by atoms with Crippen LogP contribution in [-0.2, 0) is 14.3 Å². The van der Waals surface area contributed by atoms with E-state index in [-0.39, 0.29) is 36.1 Å². The zero-order valence-electron chi connectivity index (χ0n) is 54.6. The summed E-state index contributed by atoms with van der Waals surface area (Å²) in [6.07, 6.45) is 0. The van der Waals surface area contributed by atoms with Gasteiger partial charge in [-0.15, -0.1) is 0 Å². The predicted octanol–water partition coefficient (Wildman–Crippen LogP) is 17.8. The molecule has 1 N–H and O–H groups in total. The van der Waals surface area contributed by atoms with Crippen molar-refractivity contribution in [2.24, 2.45) is 0 Å². The number of carbonyl (C=O) groups excluding carboxylic acids is 2. The van der Waals surface area contributed by atoms with E-state index < -0.39 is 83.3 Å². The van der Waals surface area contributed by atoms with E-state index >= 15 is 0 Å². The van der Waals surface area contributed by atoms with Crippen molar-refractivity contribution in [3.63, 3.8) is 0 Å². The SMILES string of the molecule is C.C=C(C(=O)OCC)[C@@H](Nc1cccc(OC)c1)c1ccc(C)c(O[Si](C)(C)C(C)(C)C)c1.C=C1C(=O)N(c2cccc(OC)c2)[C@H]1c1ccc(C)c(O[Si](C)(C)C(C)(C)C)c1.C[Si](C)(C)[N]([Sn][N]([Si](C)(C)C)[Si](C)(C)C)[Si](C)(C)C. The maximum absolute atomic E-state index is 12.6. The zero-order valence-corrected chi connectivity index (χ0v) is 63.4. The third kappa shape index (κ3) is 20.0. The molecule has 450 valence electrons. The Morgan fingerprint density at radius 2 is 1.09 bits per heavy atom. The van der Waals surface area contributed by atoms with Gasteiger partial charge < -0.3 is 28.4 Å². The van der Waals surface area contributed by atoms with Crippen LogP contribution in [0.25, 0.3) is 0 Å². The van der Waals surface area contributed by atoms with Crippen LogP contribution in [0.4, 0.5) is 11.4 Å². The normalized spacial score (nSPS) is 14.8. The third-order valence-electron chi connectivity index (χ3n) is 15.0. The Kier molecular flexibility index (Phi) is 25.8. The summed E-state index contributed by atoms with van der Waals surface area (Å²) >= 11 is -0.599. The molecule has 11 nitrogen and oxygen atoms in total. The fraction of sp³-hybridized carbons (Fsp3) is 0.524. The van der Waals surface area contributed by atoms with Gasteiger partial charge in [0.1, 0.15) is 23.0 Å². The van der Waals surface area contributed by atoms with Crippen molar-refractivity contribution in [1.29, 1.82) is 0 Å². The van der Waals surface area contributed by atoms with E-state index in [0.717, 1.165) is 56.6 Å². The molecule has 0 bridgehead atoms. The number of aryl methyl sites for hydroxylation is 2. The Bertz CT molecular complexity index is 2730. The molecule has 2 atom stereocenters. The van der Waals surface area contributed by atoms with Crippen LogP contribution in [0, 0.1) is 13.8 Å². The van der Waals surface area contributed by atoms with Crippen molar-refractivity contribution in [1.82, 2.24) is 4.91 Å². The van der Waals surface area contributed by atoms with Crippen LogP contribution in [0.5, 0.6) is 23.0 Å². The molecule has 18 heteroatoms. The molecular formula is C63H108N4O7Si6Sn. The van der Waals surface area contributed by atoms with E-state index in [1.54, 1.807) is 26.0 Å². The summed E-state index contributed by atoms with van der Waals surface area (Å²) in [6, 6.07) is 26.7. The molecule has 4 aromatic carbocycles. The van der Waals surface area contributed by atoms with Gasteiger partial charge in [-0.2, -0.15) is 0 Å². The van der Waals surface area contributed by atoms with Crippen LogP contribution in [0.2, 0.25) is 115 Å². The van der Waals surface area contributed by atoms with Gasteiger partial charge in [-0.05, 0) is 116 Å². The number of anilines is 2. The van der Waals surface area contributed by atoms with Gasteiger partial charge in [0.2, 0.25) is 16.6 Å². The Morgan fingerprint density at radius 1 is 0.654 bits per heavy atom. The van der Waals surface area contributed by atoms with Crippen molar-refractivity contribution in [2.45, 2.75) is 197 Å². The van der Waals surface area contributed by atoms with Crippen molar-refractivity contribution < 1.29 is 32.7 Å². The van der Waals surface area contributed by atoms with Gasteiger partial charge in [-0.3, -0.25) is 9.69 Å². The number of benzene rings is 4. The van der Waals surface area contributed by atoms with E-state index in [1.807, 2.05) is 73.7 Å². The third-order valence-corrected chi connectivity index (χ3v) is 63.9. The Hall–Kier alpha value is -3.68. The molecule has 0 saturated carbocycles. The van der Waals surface area contributed by atoms with E-state index in [4.69, 9.17) is 23.1 Å². The second-order valence-electron chi connectivity index (χ2n) is 28.1. The predicted molar refractivity (Wildman–Crippen MR) is 365 cm³/mol. The van der Waals surface area contributed by atoms with Gasteiger partial charge in [-0.1, -0.05) is 98.5 Å². The number of hydrogen-bond acceptors (Lipinski definition) is 10. The number of amides is 1. The summed E-state index contributed by atoms with van der Waals surface area (Å²) in [5, 5.41) is 3.61. The van der Waals surface area contributed by atoms with Gasteiger partial charge in [0.05, 0.1) is 38.5 Å². The molecule has 1 aliphatic heterocycles. The van der Waals surface area contributed by atoms with Gasteiger partial charge >= 0.3 is 144 Å². The molecule has 1 saturated heterocycles. The van der Waals surface area contributed by atoms with E-state index in [2.05, 4.69) is 195 Å². The number of ether oxygens (including phenoxy) is 3. The first-order valence-corrected chi connectivity index (χ1v) is 50.4. The van der Waals surface area contributed by atoms with Crippen molar-refractivity contribution >= 4 is 94.5 Å². The minimum absolute atomic E-state index is 0. The second-order valence-corrected chi connectivity index (χ2v) is 65.8. The molecule has 81 heavy (non-hydrogen) atoms. The summed E-state index contributed by atoms with van der Waals surface area (Å²) in [4.78, 5) is 27.0. The topological polar surface area (TPSA) is 102 Å². The van der Waals surface area contributed by atoms with Gasteiger partial charge in [0.15, 0.2) is 0 Å². The number of β-lactam (4-membered cyclic amide) rings is 1. The van der Waals surface area contributed by atoms with Crippen LogP contribution in [0.1, 0.15) is 90.2 Å². The summed E-state index contributed by atoms with van der Waals surface area (Å²) < 4.78 is 35.3. The summed E-state index contributed by atoms with van der Waals surface area (Å²) in [7, 11) is -5.43. The van der Waals surface area contributed by atoms with Crippen molar-refractivity contribution in [3.8, 4) is 23.0 Å². The minimum atomic E-state index is -2.03. The fourth-order valence-corrected chi connectivity index (χ4v) is 44.5. The molecule has 0 spiro atoms. The van der Waals surface area contributed by atoms with Crippen LogP contribution in [0.3, 0.4) is 0 Å². The van der Waals surface area contributed by atoms with E-state index in [0.29, 0.717) is 11.1 Å². The number of carbonyl (C=O) groups is 2. The first-order chi connectivity index (χ1) is 36.3. The molecule has 1 heterocycles. The van der Waals surface area contributed by atoms with Crippen LogP contribution < -0.4 is 28.5 Å². The second kappa shape index (κ2) is 28.5. The monoisotopic (exact) mass is 1320 g/mol. The first-order valence-electron chi connectivity index (χ1n) is 28.2. The summed E-state index contributed by atoms with van der Waals surface area (Å²) in [6.45, 7) is 67.2. The fourth-order valence-electron chi connectivity index (χ4n) is 8.82. The first kappa shape index (κ1) is 73.4. The Labute approximate surface area is 510 Å². The molecule has 1 amide bonds. The van der Waals surface area contributed by atoms with E-state index in [9.17, 15) is 9.59 Å². The Balaban J connectivity index is 0.000000426. The van der Waals surface area contributed by atoms with E-state index in [1.165, 1.54) is 0 Å². The number of nitrogens with one attached hydrogen (secondary N) is 1. The molecule has 5 rings (SSSR count). The molecular weight excluding hydrogens is 1210 g/mol. The van der Waals surface area contributed by atoms with Gasteiger partial charge in [-0.25, -0.2) is 4.79 Å². The standard InChI is InChI=1S/C26H37NO4Si.C24H31NO3Si.2C6H18NSi2.CH4.Sn/c1-10-30-25(28)19(3)24(27-21-12-11-13-22(17-21)29-7)20-15-14-18(2)23(16-20)31-32(8,9)26(4,5)6;1-16-12-13-18(14-21(16)28-29(7,8)24(3,4)5)22-17(2)23(26)25(22)19-10-9-11-20(15-19)27-6;2*1-8(2,3)7-9(4,5)6;;/h11-17,24,27H,3,10H2,1-2,4-9H3;9-15,22H,2H2,1,3-8H3;2*1-6H3;1H4;/q;;2*-1;;+2/t24-;22-;;;;/m11..../s1. The average Bonchev–Trinajstić information content (AvgIpc) is 3.31. The number of methoxy groups -OCH3 is 2. The molecule has 4 aromatic rings. The quantitative estimate of drug-likeness (QED) is 0.0398. The van der Waals surface area contributed by atoms with Crippen molar-refractivity contribution in [3.05, 3.63) is 131 Å².